The largest absolute Gasteiger partial charge is 0.392 e. The van der Waals surface area contributed by atoms with E-state index < -0.39 is 39.5 Å². The van der Waals surface area contributed by atoms with Gasteiger partial charge in [-0.3, -0.25) is 62.5 Å². The number of aliphatic hydroxyl groups is 1. The number of carbonyl (C=O) groups is 5. The number of thiophene rings is 2. The molecular formula is C114H109N25O6S3. The zero-order valence-electron chi connectivity index (χ0n) is 83.4. The normalized spacial score (nSPS) is 19.5. The van der Waals surface area contributed by atoms with E-state index in [-0.39, 0.29) is 72.4 Å². The van der Waals surface area contributed by atoms with Gasteiger partial charge in [0.1, 0.15) is 21.6 Å². The summed E-state index contributed by atoms with van der Waals surface area (Å²) in [4.78, 5) is 103. The summed E-state index contributed by atoms with van der Waals surface area (Å²) < 4.78 is 5.71. The monoisotopic (exact) mass is 2020 g/mol. The Morgan fingerprint density at radius 2 is 0.899 bits per heavy atom. The molecule has 5 aliphatic heterocycles. The van der Waals surface area contributed by atoms with Gasteiger partial charge in [0.2, 0.25) is 23.6 Å². The summed E-state index contributed by atoms with van der Waals surface area (Å²) in [5.74, 6) is -0.510. The molecule has 5 aliphatic rings. The molecule has 34 heteroatoms. The number of aliphatic imine (C=N–C) groups is 5. The molecule has 0 bridgehead atoms. The second-order valence-corrected chi connectivity index (χ2v) is 40.0. The van der Waals surface area contributed by atoms with Crippen molar-refractivity contribution >= 4 is 126 Å². The molecule has 0 spiro atoms. The van der Waals surface area contributed by atoms with Crippen molar-refractivity contribution in [2.24, 2.45) is 53.6 Å². The van der Waals surface area contributed by atoms with Gasteiger partial charge in [0.15, 0.2) is 35.3 Å². The van der Waals surface area contributed by atoms with Crippen molar-refractivity contribution < 1.29 is 29.1 Å². The van der Waals surface area contributed by atoms with E-state index in [1.807, 2.05) is 310 Å². The Kier molecular flexibility index (Phi) is 29.2. The minimum absolute atomic E-state index is 0.0101. The van der Waals surface area contributed by atoms with Crippen molar-refractivity contribution in [3.8, 4) is 62.8 Å². The maximum absolute atomic E-state index is 14.0. The van der Waals surface area contributed by atoms with Crippen LogP contribution in [0.5, 0.6) is 0 Å². The number of aryl methyl sites for hydroxylation is 2. The van der Waals surface area contributed by atoms with Gasteiger partial charge >= 0.3 is 0 Å². The number of benzene rings is 10. The maximum atomic E-state index is 14.0. The molecule has 0 fully saturated rings. The van der Waals surface area contributed by atoms with Crippen LogP contribution in [0.1, 0.15) is 144 Å². The molecule has 11 N–H and O–H groups in total. The van der Waals surface area contributed by atoms with Gasteiger partial charge < -0.3 is 33.8 Å². The van der Waals surface area contributed by atoms with Crippen LogP contribution < -0.4 is 28.7 Å². The SMILES string of the molecule is C/C=C/Cn1ncc2ccc([C@]3(C)CC(=O)N(C)C(N)=N3)cc21.CCn1cc2cc([C@@H]3C(=O)N(C)C(N)=N[C@]3(C)c3cc(-c4cccc(C#N)c4)cs3)ccc2n1.CCn1cc2cc([C@H]3C(=O)N(C)C(N)=N[C@]3(C)c3cc(-c4cccc(C#N)c4)cs3)ccc2n1.CN1C(=O)C[C@@](C)(c2nc(-c3cccc(C#N)c3)cs2)N=C1N.NC1=NC(c2ccccc2)(c2ccccc2)C(=O)N1Cc1cccc(-c2cccc(CO)c2)c1. The number of aromatic nitrogens is 7. The number of likely N-dealkylation sites (N-methyl/N-ethyl adjacent to an activating group) is 2. The number of fused-ring (bicyclic) bond motifs is 3. The van der Waals surface area contributed by atoms with Gasteiger partial charge in [0, 0.05) is 90.5 Å². The standard InChI is InChI=1S/C29H25N3O2.2C26H24N6OS.C17H21N5O.C16H15N5OS/c30-28-31-29(25-13-3-1-4-14-25,26-15-5-2-6-16-26)27(34)32(28)19-21-9-7-11-23(17-21)24-12-8-10-22(18-24)20-33;2*1-4-32-14-19-11-18(8-9-21(19)30-32)23-24(33)31(3)25(28)29-26(23,2)22-12-20(15-34-22)17-7-5-6-16(10-17)13-27;1-4-5-8-22-14-9-13(7-6-12(14)11-19-22)17(2)10-15(23)21(3)16(18)20-17;1-16(7-13(22)21(2)15(18)20-16)14-19-12(9-23-14)11-5-3-4-10(6-11)8-17/h1-18,33H,19-20H2,(H2,30,31);2*5-12,14-15,23H,4H2,1-3H3,(H2,28,29);4-7,9,11H,8,10H2,1-3H3,(H2,18,20);3-6,9H,7H2,1-2H3,(H2,18,20)/b;;;5-4+;/t;23-,26+;23-,26-;17-;16-/m.0100/s1. The van der Waals surface area contributed by atoms with Crippen LogP contribution in [0.15, 0.2) is 321 Å². The molecular weight excluding hydrogens is 1910 g/mol. The first-order valence-electron chi connectivity index (χ1n) is 47.9. The molecule has 16 aromatic rings. The van der Waals surface area contributed by atoms with Crippen LogP contribution in [0.25, 0.3) is 77.3 Å². The number of rotatable bonds is 19. The Balaban J connectivity index is 0.000000128. The van der Waals surface area contributed by atoms with Gasteiger partial charge in [-0.2, -0.15) is 31.1 Å². The van der Waals surface area contributed by atoms with Crippen LogP contribution in [0, 0.1) is 34.0 Å². The number of allylic oxidation sites excluding steroid dienone is 2. The molecule has 0 radical (unpaired) electrons. The summed E-state index contributed by atoms with van der Waals surface area (Å²) in [7, 11) is 6.58. The Labute approximate surface area is 868 Å². The predicted octanol–water partition coefficient (Wildman–Crippen LogP) is 17.4. The third-order valence-corrected chi connectivity index (χ3v) is 30.8. The number of nitrogens with zero attached hydrogens (tertiary/aromatic N) is 20. The van der Waals surface area contributed by atoms with E-state index in [0.29, 0.717) is 36.2 Å². The fraction of sp³-hybridized carbons (Fsp3) is 0.219. The fourth-order valence-corrected chi connectivity index (χ4v) is 21.9. The van der Waals surface area contributed by atoms with Gasteiger partial charge in [-0.25, -0.2) is 29.9 Å². The highest BCUT2D eigenvalue weighted by atomic mass is 32.1. The van der Waals surface area contributed by atoms with E-state index in [0.717, 1.165) is 144 Å². The molecule has 0 unspecified atom stereocenters. The molecule has 6 aromatic heterocycles. The lowest BCUT2D eigenvalue weighted by Crippen LogP contribution is -2.52. The quantitative estimate of drug-likeness (QED) is 0.0409. The third kappa shape index (κ3) is 20.3. The van der Waals surface area contributed by atoms with Crippen LogP contribution in [-0.2, 0) is 84.5 Å². The minimum atomic E-state index is -1.21. The van der Waals surface area contributed by atoms with E-state index in [2.05, 4.69) is 72.7 Å². The zero-order valence-corrected chi connectivity index (χ0v) is 85.9. The second kappa shape index (κ2) is 42.4. The topological polar surface area (TPSA) is 451 Å². The first-order chi connectivity index (χ1) is 71.1. The lowest BCUT2D eigenvalue weighted by Gasteiger charge is -2.40. The Morgan fingerprint density at radius 3 is 1.38 bits per heavy atom. The van der Waals surface area contributed by atoms with Crippen LogP contribution in [0.2, 0.25) is 0 Å². The average molecular weight is 2020 g/mol. The van der Waals surface area contributed by atoms with E-state index in [9.17, 15) is 39.6 Å². The smallest absolute Gasteiger partial charge is 0.266 e. The molecule has 21 rings (SSSR count). The maximum Gasteiger partial charge on any atom is 0.266 e. The number of amides is 5. The molecule has 11 heterocycles. The summed E-state index contributed by atoms with van der Waals surface area (Å²) in [6.45, 7) is 16.4. The fourth-order valence-electron chi connectivity index (χ4n) is 18.9. The summed E-state index contributed by atoms with van der Waals surface area (Å²) in [5, 5.41) is 60.3. The van der Waals surface area contributed by atoms with Crippen molar-refractivity contribution in [1.29, 1.82) is 15.8 Å². The van der Waals surface area contributed by atoms with E-state index >= 15 is 0 Å². The molecule has 0 saturated carbocycles. The van der Waals surface area contributed by atoms with Gasteiger partial charge in [0.25, 0.3) is 5.91 Å². The van der Waals surface area contributed by atoms with E-state index in [4.69, 9.17) is 48.9 Å². The molecule has 0 saturated heterocycles. The summed E-state index contributed by atoms with van der Waals surface area (Å²) >= 11 is 4.53. The molecule has 31 nitrogen and oxygen atoms in total. The van der Waals surface area contributed by atoms with Crippen molar-refractivity contribution in [3.63, 3.8) is 0 Å². The Bertz CT molecular complexity index is 7900. The van der Waals surface area contributed by atoms with Crippen LogP contribution >= 0.6 is 34.0 Å². The number of nitrogens with two attached hydrogens (primary N) is 5. The van der Waals surface area contributed by atoms with E-state index in [1.54, 1.807) is 80.0 Å². The molecule has 6 atom stereocenters. The summed E-state index contributed by atoms with van der Waals surface area (Å²) in [5.41, 5.74) is 44.4. The Hall–Kier alpha value is -17.5. The number of hydrogen-bond donors (Lipinski definition) is 6. The van der Waals surface area contributed by atoms with Gasteiger partial charge in [0.05, 0.1) is 113 Å². The van der Waals surface area contributed by atoms with Gasteiger partial charge in [-0.1, -0.05) is 170 Å². The highest BCUT2D eigenvalue weighted by molar-refractivity contribution is 7.11. The number of hydrogen-bond acceptors (Lipinski definition) is 26. The lowest BCUT2D eigenvalue weighted by molar-refractivity contribution is -0.131. The zero-order chi connectivity index (χ0) is 105. The number of aliphatic hydroxyl groups excluding tert-OH is 1. The predicted molar refractivity (Wildman–Crippen MR) is 582 cm³/mol. The van der Waals surface area contributed by atoms with E-state index in [1.165, 1.54) is 30.9 Å². The Morgan fingerprint density at radius 1 is 0.446 bits per heavy atom. The number of guanidine groups is 5. The van der Waals surface area contributed by atoms with Crippen molar-refractivity contribution in [1.82, 2.24) is 58.8 Å². The first-order valence-corrected chi connectivity index (χ1v) is 50.5. The van der Waals surface area contributed by atoms with Crippen LogP contribution in [0.3, 0.4) is 0 Å². The summed E-state index contributed by atoms with van der Waals surface area (Å²) in [6.07, 6.45) is 10.4. The van der Waals surface area contributed by atoms with Crippen LogP contribution in [0.4, 0.5) is 0 Å². The lowest BCUT2D eigenvalue weighted by atomic mass is 9.77. The number of thiazole rings is 1. The van der Waals surface area contributed by atoms with Crippen molar-refractivity contribution in [3.05, 3.63) is 366 Å². The van der Waals surface area contributed by atoms with Gasteiger partial charge in [-0.15, -0.1) is 34.0 Å². The summed E-state index contributed by atoms with van der Waals surface area (Å²) in [6, 6.07) is 85.8. The first kappa shape index (κ1) is 102. The van der Waals surface area contributed by atoms with Crippen molar-refractivity contribution in [2.75, 3.05) is 28.2 Å². The second-order valence-electron chi connectivity index (χ2n) is 37.3. The molecule has 744 valence electrons. The number of carbonyl (C=O) groups excluding carboxylic acids is 5. The van der Waals surface area contributed by atoms with Crippen molar-refractivity contribution in [2.45, 2.75) is 134 Å². The minimum Gasteiger partial charge on any atom is -0.392 e. The highest BCUT2D eigenvalue weighted by Crippen LogP contribution is 2.51. The highest BCUT2D eigenvalue weighted by Gasteiger charge is 2.53. The third-order valence-electron chi connectivity index (χ3n) is 27.4. The molecule has 148 heavy (non-hydrogen) atoms. The van der Waals surface area contributed by atoms with Crippen LogP contribution in [-0.4, -0.2) is 151 Å². The molecule has 10 aromatic carbocycles. The molecule has 5 amide bonds. The number of nitriles is 3. The molecule has 0 aliphatic carbocycles. The average Bonchev–Trinajstić information content (AvgIpc) is 1.45. The van der Waals surface area contributed by atoms with Gasteiger partial charge in [-0.05, 0) is 223 Å².